The number of ether oxygens (including phenoxy) is 2. The fraction of sp³-hybridized carbons (Fsp3) is 0.273. The van der Waals surface area contributed by atoms with E-state index in [9.17, 15) is 9.18 Å². The molecule has 0 radical (unpaired) electrons. The van der Waals surface area contributed by atoms with Crippen molar-refractivity contribution in [3.8, 4) is 17.1 Å². The summed E-state index contributed by atoms with van der Waals surface area (Å²) in [6.07, 6.45) is 0.417. The van der Waals surface area contributed by atoms with Crippen molar-refractivity contribution >= 4 is 22.6 Å². The van der Waals surface area contributed by atoms with Gasteiger partial charge in [0.25, 0.3) is 5.91 Å². The maximum Gasteiger partial charge on any atom is 0.255 e. The van der Waals surface area contributed by atoms with Gasteiger partial charge in [-0.25, -0.2) is 4.39 Å². The third kappa shape index (κ3) is 2.83. The molecule has 3 aromatic rings. The number of benzene rings is 2. The number of nitrogens with zero attached hydrogens (tertiary/aromatic N) is 1. The second-order valence-corrected chi connectivity index (χ2v) is 7.16. The van der Waals surface area contributed by atoms with Gasteiger partial charge in [0.1, 0.15) is 28.6 Å². The Bertz CT molecular complexity index is 1170. The Kier molecular flexibility index (Phi) is 4.43. The molecule has 1 aromatic heterocycles. The van der Waals surface area contributed by atoms with Crippen molar-refractivity contribution in [3.05, 3.63) is 53.3 Å². The van der Waals surface area contributed by atoms with Crippen molar-refractivity contribution in [2.75, 3.05) is 20.8 Å². The maximum atomic E-state index is 13.4. The quantitative estimate of drug-likeness (QED) is 0.709. The molecular formula is C22H19FN2O5. The molecule has 2 aromatic carbocycles. The van der Waals surface area contributed by atoms with E-state index in [0.717, 1.165) is 17.7 Å². The van der Waals surface area contributed by atoms with Crippen LogP contribution < -0.4 is 10.1 Å². The van der Waals surface area contributed by atoms with Crippen LogP contribution in [0.25, 0.3) is 22.3 Å². The zero-order valence-corrected chi connectivity index (χ0v) is 16.4. The topological polar surface area (TPSA) is 82.3 Å². The lowest BCUT2D eigenvalue weighted by Crippen LogP contribution is -2.19. The second kappa shape index (κ2) is 7.14. The SMILES string of the molecule is CNC(=O)c1c(-c2ccc(F)cc2)oc2cc(C3=NOC4OCCC34)c(OC)cc12. The first-order valence-electron chi connectivity index (χ1n) is 9.59. The van der Waals surface area contributed by atoms with E-state index in [1.54, 1.807) is 38.4 Å². The Morgan fingerprint density at radius 1 is 1.27 bits per heavy atom. The molecular weight excluding hydrogens is 391 g/mol. The summed E-state index contributed by atoms with van der Waals surface area (Å²) in [4.78, 5) is 18.1. The van der Waals surface area contributed by atoms with Gasteiger partial charge in [0.05, 0.1) is 25.2 Å². The van der Waals surface area contributed by atoms with Crippen molar-refractivity contribution in [2.45, 2.75) is 12.7 Å². The van der Waals surface area contributed by atoms with Crippen LogP contribution in [0.15, 0.2) is 46.0 Å². The van der Waals surface area contributed by atoms with Crippen LogP contribution >= 0.6 is 0 Å². The highest BCUT2D eigenvalue weighted by Gasteiger charge is 2.41. The van der Waals surface area contributed by atoms with Gasteiger partial charge >= 0.3 is 0 Å². The Morgan fingerprint density at radius 2 is 2.07 bits per heavy atom. The molecule has 154 valence electrons. The largest absolute Gasteiger partial charge is 0.496 e. The Balaban J connectivity index is 1.71. The number of oxime groups is 1. The molecule has 8 heteroatoms. The van der Waals surface area contributed by atoms with Crippen molar-refractivity contribution in [1.29, 1.82) is 0 Å². The predicted octanol–water partition coefficient (Wildman–Crippen LogP) is 3.70. The van der Waals surface area contributed by atoms with Gasteiger partial charge in [0.2, 0.25) is 6.29 Å². The number of hydrogen-bond donors (Lipinski definition) is 1. The predicted molar refractivity (Wildman–Crippen MR) is 107 cm³/mol. The average molecular weight is 410 g/mol. The van der Waals surface area contributed by atoms with Crippen molar-refractivity contribution in [2.24, 2.45) is 11.1 Å². The highest BCUT2D eigenvalue weighted by molar-refractivity contribution is 6.14. The van der Waals surface area contributed by atoms with E-state index in [2.05, 4.69) is 10.5 Å². The molecule has 1 N–H and O–H groups in total. The fourth-order valence-corrected chi connectivity index (χ4v) is 4.01. The molecule has 5 rings (SSSR count). The molecule has 0 spiro atoms. The lowest BCUT2D eigenvalue weighted by atomic mass is 9.93. The highest BCUT2D eigenvalue weighted by Crippen LogP contribution is 2.40. The van der Waals surface area contributed by atoms with Crippen molar-refractivity contribution in [3.63, 3.8) is 0 Å². The fourth-order valence-electron chi connectivity index (χ4n) is 4.01. The van der Waals surface area contributed by atoms with Crippen LogP contribution in [0.5, 0.6) is 5.75 Å². The smallest absolute Gasteiger partial charge is 0.255 e. The van der Waals surface area contributed by atoms with E-state index in [1.807, 2.05) is 0 Å². The lowest BCUT2D eigenvalue weighted by molar-refractivity contribution is -0.106. The molecule has 30 heavy (non-hydrogen) atoms. The zero-order chi connectivity index (χ0) is 20.8. The number of carbonyl (C=O) groups is 1. The molecule has 2 unspecified atom stereocenters. The number of nitrogens with one attached hydrogen (secondary N) is 1. The minimum Gasteiger partial charge on any atom is -0.496 e. The summed E-state index contributed by atoms with van der Waals surface area (Å²) in [5.41, 5.74) is 2.91. The van der Waals surface area contributed by atoms with Crippen molar-refractivity contribution < 1.29 is 27.9 Å². The van der Waals surface area contributed by atoms with Crippen molar-refractivity contribution in [1.82, 2.24) is 5.32 Å². The molecule has 2 atom stereocenters. The molecule has 0 saturated carbocycles. The van der Waals surface area contributed by atoms with Gasteiger partial charge in [-0.1, -0.05) is 5.16 Å². The first-order valence-corrected chi connectivity index (χ1v) is 9.59. The molecule has 1 saturated heterocycles. The van der Waals surface area contributed by atoms with Gasteiger partial charge in [-0.05, 0) is 42.8 Å². The van der Waals surface area contributed by atoms with Gasteiger partial charge in [-0.3, -0.25) is 4.79 Å². The molecule has 2 aliphatic rings. The number of halogens is 1. The maximum absolute atomic E-state index is 13.4. The molecule has 0 bridgehead atoms. The summed E-state index contributed by atoms with van der Waals surface area (Å²) >= 11 is 0. The summed E-state index contributed by atoms with van der Waals surface area (Å²) in [5, 5.41) is 7.44. The molecule has 3 heterocycles. The third-order valence-corrected chi connectivity index (χ3v) is 5.49. The van der Waals surface area contributed by atoms with Gasteiger partial charge in [-0.2, -0.15) is 0 Å². The lowest BCUT2D eigenvalue weighted by Gasteiger charge is -2.11. The van der Waals surface area contributed by atoms with Gasteiger partial charge in [-0.15, -0.1) is 0 Å². The number of carbonyl (C=O) groups excluding carboxylic acids is 1. The summed E-state index contributed by atoms with van der Waals surface area (Å²) in [6, 6.07) is 9.37. The summed E-state index contributed by atoms with van der Waals surface area (Å²) in [7, 11) is 3.11. The third-order valence-electron chi connectivity index (χ3n) is 5.49. The van der Waals surface area contributed by atoms with Crippen LogP contribution in [-0.4, -0.2) is 38.7 Å². The Labute approximate surface area is 171 Å². The van der Waals surface area contributed by atoms with Gasteiger partial charge < -0.3 is 24.0 Å². The van der Waals surface area contributed by atoms with E-state index in [1.165, 1.54) is 12.1 Å². The van der Waals surface area contributed by atoms with Crippen LogP contribution in [0.4, 0.5) is 4.39 Å². The summed E-state index contributed by atoms with van der Waals surface area (Å²) in [5.74, 6) is 0.243. The van der Waals surface area contributed by atoms with E-state index >= 15 is 0 Å². The highest BCUT2D eigenvalue weighted by atomic mass is 19.1. The van der Waals surface area contributed by atoms with Crippen LogP contribution in [0, 0.1) is 11.7 Å². The number of hydrogen-bond acceptors (Lipinski definition) is 6. The molecule has 0 aliphatic carbocycles. The van der Waals surface area contributed by atoms with E-state index in [0.29, 0.717) is 40.2 Å². The van der Waals surface area contributed by atoms with Crippen LogP contribution in [0.3, 0.4) is 0 Å². The van der Waals surface area contributed by atoms with Crippen LogP contribution in [0.2, 0.25) is 0 Å². The number of methoxy groups -OCH3 is 1. The van der Waals surface area contributed by atoms with Gasteiger partial charge in [0, 0.05) is 23.6 Å². The number of furan rings is 1. The van der Waals surface area contributed by atoms with E-state index in [4.69, 9.17) is 18.7 Å². The Hall–Kier alpha value is -3.39. The summed E-state index contributed by atoms with van der Waals surface area (Å²) < 4.78 is 30.7. The number of fused-ring (bicyclic) bond motifs is 2. The normalized spacial score (nSPS) is 20.0. The molecule has 2 aliphatic heterocycles. The second-order valence-electron chi connectivity index (χ2n) is 7.16. The van der Waals surface area contributed by atoms with Crippen LogP contribution in [0.1, 0.15) is 22.3 Å². The van der Waals surface area contributed by atoms with E-state index in [-0.39, 0.29) is 23.9 Å². The average Bonchev–Trinajstić information content (AvgIpc) is 3.46. The minimum atomic E-state index is -0.381. The van der Waals surface area contributed by atoms with Crippen LogP contribution in [-0.2, 0) is 9.57 Å². The molecule has 7 nitrogen and oxygen atoms in total. The molecule has 1 fully saturated rings. The zero-order valence-electron chi connectivity index (χ0n) is 16.4. The number of amides is 1. The molecule has 1 amide bonds. The Morgan fingerprint density at radius 3 is 2.80 bits per heavy atom. The number of rotatable bonds is 4. The summed E-state index contributed by atoms with van der Waals surface area (Å²) in [6.45, 7) is 0.606. The first kappa shape index (κ1) is 18.6. The standard InChI is InChI=1S/C22H19FN2O5/c1-24-21(26)18-14-9-16(27-2)15(19-13-7-8-28-22(13)30-25-19)10-17(14)29-20(18)11-3-5-12(23)6-4-11/h3-6,9-10,13,22H,7-8H2,1-2H3,(H,24,26). The first-order chi connectivity index (χ1) is 14.6. The van der Waals surface area contributed by atoms with Gasteiger partial charge in [0.15, 0.2) is 0 Å². The minimum absolute atomic E-state index is 0.0151. The monoisotopic (exact) mass is 410 g/mol. The van der Waals surface area contributed by atoms with E-state index < -0.39 is 0 Å².